The number of fused-ring (bicyclic) bond motifs is 1. The molecule has 1 saturated heterocycles. The topological polar surface area (TPSA) is 130 Å². The SMILES string of the molecule is CC(C)(C)OC(=O)NC(Cc1ccccc1)C(O)CC(C/C=C/c1ccc(OCCN2CCOCC2)cc1)C(=O)NC1c2ccccc2CC1O. The summed E-state index contributed by atoms with van der Waals surface area (Å²) in [6.07, 6.45) is 2.63. The van der Waals surface area contributed by atoms with Gasteiger partial charge in [-0.3, -0.25) is 9.69 Å². The number of aliphatic hydroxyl groups excluding tert-OH is 2. The highest BCUT2D eigenvalue weighted by Gasteiger charge is 2.35. The predicted octanol–water partition coefficient (Wildman–Crippen LogP) is 5.08. The first-order valence-corrected chi connectivity index (χ1v) is 18.0. The maximum absolute atomic E-state index is 14.0. The van der Waals surface area contributed by atoms with Crippen LogP contribution in [0.5, 0.6) is 5.75 Å². The molecule has 5 rings (SSSR count). The first-order valence-electron chi connectivity index (χ1n) is 18.0. The van der Waals surface area contributed by atoms with E-state index < -0.39 is 41.9 Å². The summed E-state index contributed by atoms with van der Waals surface area (Å²) in [6.45, 7) is 10.2. The molecule has 10 heteroatoms. The van der Waals surface area contributed by atoms with Gasteiger partial charge >= 0.3 is 6.09 Å². The van der Waals surface area contributed by atoms with E-state index in [4.69, 9.17) is 14.2 Å². The molecule has 1 fully saturated rings. The van der Waals surface area contributed by atoms with Gasteiger partial charge in [-0.2, -0.15) is 0 Å². The number of ether oxygens (including phenoxy) is 3. The number of nitrogens with zero attached hydrogens (tertiary/aromatic N) is 1. The maximum Gasteiger partial charge on any atom is 0.407 e. The Bertz CT molecular complexity index is 1570. The summed E-state index contributed by atoms with van der Waals surface area (Å²) < 4.78 is 16.9. The molecule has 51 heavy (non-hydrogen) atoms. The second-order valence-corrected chi connectivity index (χ2v) is 14.4. The van der Waals surface area contributed by atoms with Gasteiger partial charge in [0.1, 0.15) is 18.0 Å². The van der Waals surface area contributed by atoms with Crippen LogP contribution in [0.2, 0.25) is 0 Å². The number of morpholine rings is 1. The number of rotatable bonds is 15. The van der Waals surface area contributed by atoms with Crippen molar-refractivity contribution in [3.05, 3.63) is 107 Å². The Kier molecular flexibility index (Phi) is 13.7. The zero-order valence-corrected chi connectivity index (χ0v) is 30.0. The van der Waals surface area contributed by atoms with Crippen LogP contribution in [0.3, 0.4) is 0 Å². The van der Waals surface area contributed by atoms with E-state index in [9.17, 15) is 19.8 Å². The van der Waals surface area contributed by atoms with E-state index in [1.165, 1.54) is 0 Å². The number of nitrogens with one attached hydrogen (secondary N) is 2. The van der Waals surface area contributed by atoms with Gasteiger partial charge in [0.15, 0.2) is 0 Å². The van der Waals surface area contributed by atoms with Gasteiger partial charge in [0, 0.05) is 32.0 Å². The molecule has 0 bridgehead atoms. The number of hydrogen-bond donors (Lipinski definition) is 4. The standard InChI is InChI=1S/C41H53N3O7/c1-41(2,3)51-40(48)42-35(26-30-10-5-4-6-11-30)36(45)28-32(39(47)43-38-34-15-8-7-13-31(34)27-37(38)46)14-9-12-29-16-18-33(19-17-29)50-25-22-44-20-23-49-24-21-44/h4-13,15-19,32,35-38,45-46H,14,20-28H2,1-3H3,(H,42,48)(H,43,47)/b12-9+. The summed E-state index contributed by atoms with van der Waals surface area (Å²) in [6, 6.07) is 23.8. The molecule has 1 aliphatic heterocycles. The van der Waals surface area contributed by atoms with E-state index in [0.717, 1.165) is 60.9 Å². The molecule has 274 valence electrons. The van der Waals surface area contributed by atoms with Gasteiger partial charge in [0.05, 0.1) is 37.5 Å². The van der Waals surface area contributed by atoms with Crippen LogP contribution in [-0.2, 0) is 27.1 Å². The van der Waals surface area contributed by atoms with Crippen LogP contribution in [0.15, 0.2) is 84.9 Å². The number of allylic oxidation sites excluding steroid dienone is 1. The molecule has 3 aromatic rings. The first kappa shape index (κ1) is 38.0. The summed E-state index contributed by atoms with van der Waals surface area (Å²) in [5, 5.41) is 28.5. The van der Waals surface area contributed by atoms with Gasteiger partial charge < -0.3 is 35.1 Å². The van der Waals surface area contributed by atoms with Gasteiger partial charge in [0.25, 0.3) is 0 Å². The Balaban J connectivity index is 1.27. The van der Waals surface area contributed by atoms with E-state index >= 15 is 0 Å². The largest absolute Gasteiger partial charge is 0.492 e. The molecular formula is C41H53N3O7. The third-order valence-corrected chi connectivity index (χ3v) is 9.25. The molecular weight excluding hydrogens is 646 g/mol. The van der Waals surface area contributed by atoms with Gasteiger partial charge in [-0.25, -0.2) is 4.79 Å². The normalized spacial score (nSPS) is 19.5. The van der Waals surface area contributed by atoms with Crippen molar-refractivity contribution >= 4 is 18.1 Å². The van der Waals surface area contributed by atoms with Crippen LogP contribution >= 0.6 is 0 Å². The molecule has 2 amide bonds. The summed E-state index contributed by atoms with van der Waals surface area (Å²) >= 11 is 0. The van der Waals surface area contributed by atoms with Crippen molar-refractivity contribution in [1.82, 2.24) is 15.5 Å². The molecule has 0 aromatic heterocycles. The highest BCUT2D eigenvalue weighted by molar-refractivity contribution is 5.80. The van der Waals surface area contributed by atoms with E-state index in [1.807, 2.05) is 91.0 Å². The Morgan fingerprint density at radius 2 is 1.71 bits per heavy atom. The molecule has 5 unspecified atom stereocenters. The molecule has 1 aliphatic carbocycles. The van der Waals surface area contributed by atoms with E-state index in [-0.39, 0.29) is 12.3 Å². The number of benzene rings is 3. The Labute approximate surface area is 301 Å². The van der Waals surface area contributed by atoms with Crippen LogP contribution in [0.1, 0.15) is 61.9 Å². The van der Waals surface area contributed by atoms with Crippen LogP contribution in [0.25, 0.3) is 6.08 Å². The van der Waals surface area contributed by atoms with Crippen molar-refractivity contribution in [2.75, 3.05) is 39.5 Å². The number of aliphatic hydroxyl groups is 2. The fraction of sp³-hybridized carbons (Fsp3) is 0.463. The zero-order chi connectivity index (χ0) is 36.2. The van der Waals surface area contributed by atoms with Crippen molar-refractivity contribution in [2.24, 2.45) is 5.92 Å². The molecule has 0 saturated carbocycles. The highest BCUT2D eigenvalue weighted by atomic mass is 16.6. The summed E-state index contributed by atoms with van der Waals surface area (Å²) in [7, 11) is 0. The van der Waals surface area contributed by atoms with Crippen LogP contribution in [0.4, 0.5) is 4.79 Å². The average molecular weight is 700 g/mol. The van der Waals surface area contributed by atoms with Crippen molar-refractivity contribution in [2.45, 2.75) is 76.3 Å². The number of carbonyl (C=O) groups excluding carboxylic acids is 2. The number of alkyl carbamates (subject to hydrolysis) is 1. The first-order chi connectivity index (χ1) is 24.5. The minimum Gasteiger partial charge on any atom is -0.492 e. The van der Waals surface area contributed by atoms with Gasteiger partial charge in [-0.15, -0.1) is 0 Å². The number of amides is 2. The lowest BCUT2D eigenvalue weighted by Crippen LogP contribution is -2.48. The summed E-state index contributed by atoms with van der Waals surface area (Å²) in [5.74, 6) is -0.143. The minimum atomic E-state index is -1.07. The van der Waals surface area contributed by atoms with Crippen LogP contribution in [-0.4, -0.2) is 90.4 Å². The lowest BCUT2D eigenvalue weighted by Gasteiger charge is -2.29. The van der Waals surface area contributed by atoms with Crippen LogP contribution < -0.4 is 15.4 Å². The van der Waals surface area contributed by atoms with Crippen molar-refractivity contribution in [3.8, 4) is 5.75 Å². The highest BCUT2D eigenvalue weighted by Crippen LogP contribution is 2.32. The van der Waals surface area contributed by atoms with Crippen molar-refractivity contribution < 1.29 is 34.0 Å². The molecule has 2 aliphatic rings. The quantitative estimate of drug-likeness (QED) is 0.173. The monoisotopic (exact) mass is 699 g/mol. The van der Waals surface area contributed by atoms with Gasteiger partial charge in [-0.05, 0) is 74.4 Å². The minimum absolute atomic E-state index is 0.0733. The Morgan fingerprint density at radius 3 is 2.43 bits per heavy atom. The molecule has 0 radical (unpaired) electrons. The van der Waals surface area contributed by atoms with Crippen molar-refractivity contribution in [3.63, 3.8) is 0 Å². The fourth-order valence-corrected chi connectivity index (χ4v) is 6.56. The summed E-state index contributed by atoms with van der Waals surface area (Å²) in [5.41, 5.74) is 3.06. The Morgan fingerprint density at radius 1 is 1.00 bits per heavy atom. The second-order valence-electron chi connectivity index (χ2n) is 14.4. The predicted molar refractivity (Wildman–Crippen MR) is 197 cm³/mol. The maximum atomic E-state index is 14.0. The van der Waals surface area contributed by atoms with Crippen LogP contribution in [0, 0.1) is 5.92 Å². The molecule has 1 heterocycles. The zero-order valence-electron chi connectivity index (χ0n) is 30.0. The molecule has 3 aromatic carbocycles. The Hall–Kier alpha value is -4.22. The van der Waals surface area contributed by atoms with Gasteiger partial charge in [0.2, 0.25) is 5.91 Å². The van der Waals surface area contributed by atoms with Crippen molar-refractivity contribution in [1.29, 1.82) is 0 Å². The van der Waals surface area contributed by atoms with Gasteiger partial charge in [-0.1, -0.05) is 78.9 Å². The summed E-state index contributed by atoms with van der Waals surface area (Å²) in [4.78, 5) is 29.2. The molecule has 10 nitrogen and oxygen atoms in total. The third-order valence-electron chi connectivity index (χ3n) is 9.25. The molecule has 5 atom stereocenters. The average Bonchev–Trinajstić information content (AvgIpc) is 3.42. The number of carbonyl (C=O) groups is 2. The lowest BCUT2D eigenvalue weighted by molar-refractivity contribution is -0.127. The molecule has 4 N–H and O–H groups in total. The third kappa shape index (κ3) is 11.9. The van der Waals surface area contributed by atoms with E-state index in [2.05, 4.69) is 15.5 Å². The fourth-order valence-electron chi connectivity index (χ4n) is 6.56. The second kappa shape index (κ2) is 18.3. The lowest BCUT2D eigenvalue weighted by atomic mass is 9.90. The van der Waals surface area contributed by atoms with E-state index in [0.29, 0.717) is 25.9 Å². The number of hydrogen-bond acceptors (Lipinski definition) is 8. The van der Waals surface area contributed by atoms with E-state index in [1.54, 1.807) is 20.8 Å². The smallest absolute Gasteiger partial charge is 0.407 e. The molecule has 0 spiro atoms.